The minimum absolute atomic E-state index is 0.0541. The van der Waals surface area contributed by atoms with Crippen LogP contribution < -0.4 is 5.32 Å². The fourth-order valence-electron chi connectivity index (χ4n) is 2.80. The Morgan fingerprint density at radius 2 is 1.97 bits per heavy atom. The molecular formula is C18H21Cl2N5O3S. The molecule has 1 aromatic heterocycles. The molecule has 1 aliphatic rings. The first-order valence-corrected chi connectivity index (χ1v) is 10.9. The maximum atomic E-state index is 12.3. The molecule has 1 fully saturated rings. The fraction of sp³-hybridized carbons (Fsp3) is 0.444. The number of thioether (sulfide) groups is 1. The van der Waals surface area contributed by atoms with Gasteiger partial charge in [0.05, 0.1) is 35.6 Å². The summed E-state index contributed by atoms with van der Waals surface area (Å²) in [7, 11) is 0. The van der Waals surface area contributed by atoms with E-state index < -0.39 is 0 Å². The molecule has 0 unspecified atom stereocenters. The molecule has 156 valence electrons. The van der Waals surface area contributed by atoms with Crippen molar-refractivity contribution in [2.24, 2.45) is 0 Å². The molecule has 0 aliphatic carbocycles. The third-order valence-electron chi connectivity index (χ3n) is 4.39. The number of morpholine rings is 1. The lowest BCUT2D eigenvalue weighted by Gasteiger charge is -2.26. The van der Waals surface area contributed by atoms with E-state index in [0.717, 1.165) is 0 Å². The van der Waals surface area contributed by atoms with Gasteiger partial charge in [0.2, 0.25) is 5.91 Å². The molecule has 1 saturated heterocycles. The van der Waals surface area contributed by atoms with Gasteiger partial charge < -0.3 is 19.5 Å². The summed E-state index contributed by atoms with van der Waals surface area (Å²) in [6, 6.07) is 4.70. The fourth-order valence-corrected chi connectivity index (χ4v) is 4.03. The molecule has 0 saturated carbocycles. The minimum atomic E-state index is -0.286. The third kappa shape index (κ3) is 5.63. The second kappa shape index (κ2) is 10.3. The van der Waals surface area contributed by atoms with Gasteiger partial charge >= 0.3 is 0 Å². The summed E-state index contributed by atoms with van der Waals surface area (Å²) in [5, 5.41) is 12.5. The second-order valence-electron chi connectivity index (χ2n) is 6.24. The second-order valence-corrected chi connectivity index (χ2v) is 7.99. The highest BCUT2D eigenvalue weighted by molar-refractivity contribution is 7.99. The van der Waals surface area contributed by atoms with Gasteiger partial charge in [-0.25, -0.2) is 0 Å². The van der Waals surface area contributed by atoms with Gasteiger partial charge in [-0.15, -0.1) is 10.2 Å². The van der Waals surface area contributed by atoms with Crippen LogP contribution >= 0.6 is 35.0 Å². The molecule has 29 heavy (non-hydrogen) atoms. The van der Waals surface area contributed by atoms with Crippen molar-refractivity contribution in [3.8, 4) is 0 Å². The van der Waals surface area contributed by atoms with Crippen molar-refractivity contribution in [3.05, 3.63) is 39.6 Å². The highest BCUT2D eigenvalue weighted by Crippen LogP contribution is 2.22. The maximum absolute atomic E-state index is 12.3. The van der Waals surface area contributed by atoms with Gasteiger partial charge in [-0.3, -0.25) is 9.59 Å². The number of amides is 2. The first kappa shape index (κ1) is 21.9. The van der Waals surface area contributed by atoms with Crippen molar-refractivity contribution in [1.82, 2.24) is 25.0 Å². The highest BCUT2D eigenvalue weighted by atomic mass is 35.5. The Morgan fingerprint density at radius 1 is 1.21 bits per heavy atom. The van der Waals surface area contributed by atoms with E-state index in [1.54, 1.807) is 17.0 Å². The number of carbonyl (C=O) groups excluding carboxylic acids is 2. The first-order chi connectivity index (χ1) is 14.0. The summed E-state index contributed by atoms with van der Waals surface area (Å²) < 4.78 is 7.15. The van der Waals surface area contributed by atoms with Crippen molar-refractivity contribution in [1.29, 1.82) is 0 Å². The Hall–Kier alpha value is -1.81. The molecular weight excluding hydrogens is 437 g/mol. The number of benzene rings is 1. The topological polar surface area (TPSA) is 89.3 Å². The Labute approximate surface area is 182 Å². The first-order valence-electron chi connectivity index (χ1n) is 9.13. The van der Waals surface area contributed by atoms with E-state index in [0.29, 0.717) is 59.4 Å². The minimum Gasteiger partial charge on any atom is -0.378 e. The summed E-state index contributed by atoms with van der Waals surface area (Å²) >= 11 is 13.2. The molecule has 1 aliphatic heterocycles. The quantitative estimate of drug-likeness (QED) is 0.642. The van der Waals surface area contributed by atoms with Crippen molar-refractivity contribution < 1.29 is 14.3 Å². The Balaban J connectivity index is 1.57. The van der Waals surface area contributed by atoms with E-state index >= 15 is 0 Å². The van der Waals surface area contributed by atoms with Crippen LogP contribution in [0.15, 0.2) is 23.4 Å². The molecule has 2 amide bonds. The van der Waals surface area contributed by atoms with Crippen LogP contribution in [0.3, 0.4) is 0 Å². The van der Waals surface area contributed by atoms with Crippen molar-refractivity contribution >= 4 is 46.8 Å². The largest absolute Gasteiger partial charge is 0.378 e. The van der Waals surface area contributed by atoms with Crippen LogP contribution in [-0.2, 0) is 22.6 Å². The SMILES string of the molecule is CCn1c(CNC(=O)c2ccc(Cl)c(Cl)c2)nnc1SCC(=O)N1CCOCC1. The molecule has 11 heteroatoms. The van der Waals surface area contributed by atoms with Crippen LogP contribution in [0, 0.1) is 0 Å². The average molecular weight is 458 g/mol. The number of aromatic nitrogens is 3. The molecule has 8 nitrogen and oxygen atoms in total. The predicted octanol–water partition coefficient (Wildman–Crippen LogP) is 2.49. The van der Waals surface area contributed by atoms with Crippen LogP contribution in [0.25, 0.3) is 0 Å². The van der Waals surface area contributed by atoms with Crippen molar-refractivity contribution in [3.63, 3.8) is 0 Å². The number of carbonyl (C=O) groups is 2. The van der Waals surface area contributed by atoms with Crippen molar-refractivity contribution in [2.45, 2.75) is 25.2 Å². The predicted molar refractivity (Wildman–Crippen MR) is 111 cm³/mol. The van der Waals surface area contributed by atoms with Crippen molar-refractivity contribution in [2.75, 3.05) is 32.1 Å². The number of rotatable bonds is 7. The molecule has 2 aromatic rings. The number of ether oxygens (including phenoxy) is 1. The van der Waals surface area contributed by atoms with Gasteiger partial charge in [-0.05, 0) is 25.1 Å². The summed E-state index contributed by atoms with van der Waals surface area (Å²) in [6.45, 7) is 5.17. The van der Waals surface area contributed by atoms with E-state index in [2.05, 4.69) is 15.5 Å². The molecule has 2 heterocycles. The average Bonchev–Trinajstić information content (AvgIpc) is 3.14. The summed E-state index contributed by atoms with van der Waals surface area (Å²) in [5.74, 6) is 0.667. The lowest BCUT2D eigenvalue weighted by Crippen LogP contribution is -2.41. The standard InChI is InChI=1S/C18H21Cl2N5O3S/c1-2-25-15(10-21-17(27)12-3-4-13(19)14(20)9-12)22-23-18(25)29-11-16(26)24-5-7-28-8-6-24/h3-4,9H,2,5-8,10-11H2,1H3,(H,21,27). The van der Waals surface area contributed by atoms with E-state index in [-0.39, 0.29) is 24.1 Å². The van der Waals surface area contributed by atoms with Crippen LogP contribution in [0.1, 0.15) is 23.1 Å². The lowest BCUT2D eigenvalue weighted by molar-refractivity contribution is -0.132. The summed E-state index contributed by atoms with van der Waals surface area (Å²) in [6.07, 6.45) is 0. The lowest BCUT2D eigenvalue weighted by atomic mass is 10.2. The van der Waals surface area contributed by atoms with E-state index in [1.165, 1.54) is 17.8 Å². The van der Waals surface area contributed by atoms with Gasteiger partial charge in [-0.2, -0.15) is 0 Å². The molecule has 0 atom stereocenters. The highest BCUT2D eigenvalue weighted by Gasteiger charge is 2.19. The monoisotopic (exact) mass is 457 g/mol. The third-order valence-corrected chi connectivity index (χ3v) is 6.08. The Morgan fingerprint density at radius 3 is 2.66 bits per heavy atom. The maximum Gasteiger partial charge on any atom is 0.251 e. The zero-order chi connectivity index (χ0) is 20.8. The number of halogens is 2. The van der Waals surface area contributed by atoms with Gasteiger partial charge in [0.15, 0.2) is 11.0 Å². The van der Waals surface area contributed by atoms with Crippen LogP contribution in [-0.4, -0.2) is 63.5 Å². The van der Waals surface area contributed by atoms with Crippen LogP contribution in [0.2, 0.25) is 10.0 Å². The molecule has 0 spiro atoms. The normalized spacial score (nSPS) is 14.1. The molecule has 3 rings (SSSR count). The molecule has 1 aromatic carbocycles. The zero-order valence-electron chi connectivity index (χ0n) is 15.9. The van der Waals surface area contributed by atoms with Gasteiger partial charge in [0.25, 0.3) is 5.91 Å². The number of nitrogens with zero attached hydrogens (tertiary/aromatic N) is 4. The number of hydrogen-bond donors (Lipinski definition) is 1. The van der Waals surface area contributed by atoms with E-state index in [1.807, 2.05) is 11.5 Å². The number of hydrogen-bond acceptors (Lipinski definition) is 6. The van der Waals surface area contributed by atoms with Crippen LogP contribution in [0.4, 0.5) is 0 Å². The molecule has 1 N–H and O–H groups in total. The number of nitrogens with one attached hydrogen (secondary N) is 1. The van der Waals surface area contributed by atoms with Crippen LogP contribution in [0.5, 0.6) is 0 Å². The van der Waals surface area contributed by atoms with Gasteiger partial charge in [0, 0.05) is 25.2 Å². The molecule has 0 bridgehead atoms. The molecule has 0 radical (unpaired) electrons. The summed E-state index contributed by atoms with van der Waals surface area (Å²) in [4.78, 5) is 26.5. The Kier molecular flexibility index (Phi) is 7.77. The van der Waals surface area contributed by atoms with E-state index in [4.69, 9.17) is 27.9 Å². The Bertz CT molecular complexity index is 886. The smallest absolute Gasteiger partial charge is 0.251 e. The van der Waals surface area contributed by atoms with Gasteiger partial charge in [0.1, 0.15) is 0 Å². The summed E-state index contributed by atoms with van der Waals surface area (Å²) in [5.41, 5.74) is 0.410. The zero-order valence-corrected chi connectivity index (χ0v) is 18.2. The van der Waals surface area contributed by atoms with Gasteiger partial charge in [-0.1, -0.05) is 35.0 Å². The van der Waals surface area contributed by atoms with E-state index in [9.17, 15) is 9.59 Å².